The van der Waals surface area contributed by atoms with E-state index >= 15 is 0 Å². The molecule has 3 atom stereocenters. The molecule has 1 fully saturated rings. The molecule has 2 aliphatic heterocycles. The van der Waals surface area contributed by atoms with Crippen LogP contribution in [0.25, 0.3) is 10.9 Å². The molecule has 2 aliphatic rings. The van der Waals surface area contributed by atoms with Gasteiger partial charge in [-0.1, -0.05) is 11.6 Å². The Morgan fingerprint density at radius 3 is 2.36 bits per heavy atom. The molecule has 4 heterocycles. The molecular weight excluding hydrogens is 598 g/mol. The largest absolute Gasteiger partial charge is 0.444 e. The number of amides is 1. The van der Waals surface area contributed by atoms with Crippen LogP contribution in [0.2, 0.25) is 5.02 Å². The number of ether oxygens (including phenoxy) is 1. The van der Waals surface area contributed by atoms with Crippen LogP contribution in [0.15, 0.2) is 34.2 Å². The molecule has 0 unspecified atom stereocenters. The summed E-state index contributed by atoms with van der Waals surface area (Å²) in [6.45, 7) is 9.38. The zero-order valence-corrected chi connectivity index (χ0v) is 25.2. The van der Waals surface area contributed by atoms with Gasteiger partial charge in [-0.15, -0.1) is 11.8 Å². The van der Waals surface area contributed by atoms with Crippen LogP contribution < -0.4 is 10.6 Å². The third-order valence-electron chi connectivity index (χ3n) is 7.30. The topological polar surface area (TPSA) is 80.6 Å². The van der Waals surface area contributed by atoms with E-state index in [1.54, 1.807) is 44.4 Å². The molecule has 42 heavy (non-hydrogen) atoms. The number of alkyl halides is 3. The highest BCUT2D eigenvalue weighted by Crippen LogP contribution is 2.47. The van der Waals surface area contributed by atoms with Gasteiger partial charge in [0.25, 0.3) is 0 Å². The summed E-state index contributed by atoms with van der Waals surface area (Å²) in [6.07, 6.45) is -2.73. The Kier molecular flexibility index (Phi) is 7.88. The van der Waals surface area contributed by atoms with Gasteiger partial charge >= 0.3 is 18.0 Å². The number of thioether (sulfide) groups is 1. The van der Waals surface area contributed by atoms with Gasteiger partial charge < -0.3 is 9.64 Å². The first kappa shape index (κ1) is 30.4. The molecule has 0 radical (unpaired) electrons. The Balaban J connectivity index is 1.63. The van der Waals surface area contributed by atoms with Crippen molar-refractivity contribution in [2.75, 3.05) is 23.7 Å². The van der Waals surface area contributed by atoms with Crippen LogP contribution in [0.3, 0.4) is 0 Å². The molecule has 1 saturated heterocycles. The van der Waals surface area contributed by atoms with Crippen molar-refractivity contribution in [3.63, 3.8) is 0 Å². The minimum Gasteiger partial charge on any atom is -0.444 e. The highest BCUT2D eigenvalue weighted by Gasteiger charge is 2.40. The zero-order valence-electron chi connectivity index (χ0n) is 23.6. The number of anilines is 1. The Bertz CT molecular complexity index is 1600. The van der Waals surface area contributed by atoms with Crippen LogP contribution in [0, 0.1) is 5.82 Å². The summed E-state index contributed by atoms with van der Waals surface area (Å²) in [4.78, 5) is 38.1. The maximum absolute atomic E-state index is 14.2. The number of aromatic nitrogens is 3. The van der Waals surface area contributed by atoms with Gasteiger partial charge in [-0.2, -0.15) is 18.2 Å². The van der Waals surface area contributed by atoms with E-state index < -0.39 is 58.0 Å². The number of nitrogens with zero attached hydrogens (tertiary/aromatic N) is 5. The second-order valence-corrected chi connectivity index (χ2v) is 13.1. The number of halogens is 5. The van der Waals surface area contributed by atoms with Crippen LogP contribution in [-0.2, 0) is 17.5 Å². The lowest BCUT2D eigenvalue weighted by Crippen LogP contribution is -2.59. The van der Waals surface area contributed by atoms with E-state index in [9.17, 15) is 27.2 Å². The van der Waals surface area contributed by atoms with Crippen LogP contribution in [0.1, 0.15) is 51.7 Å². The summed E-state index contributed by atoms with van der Waals surface area (Å²) in [5.74, 6) is -0.678. The molecular formula is C28H30ClF4N5O3S. The second-order valence-electron chi connectivity index (χ2n) is 11.7. The lowest BCUT2D eigenvalue weighted by Gasteiger charge is -2.45. The highest BCUT2D eigenvalue weighted by molar-refractivity contribution is 7.99. The predicted molar refractivity (Wildman–Crippen MR) is 153 cm³/mol. The Labute approximate surface area is 249 Å². The summed E-state index contributed by atoms with van der Waals surface area (Å²) in [6, 6.07) is 1.45. The minimum absolute atomic E-state index is 0.0503. The van der Waals surface area contributed by atoms with Gasteiger partial charge in [0.05, 0.1) is 39.3 Å². The predicted octanol–water partition coefficient (Wildman–Crippen LogP) is 6.33. The quantitative estimate of drug-likeness (QED) is 0.307. The number of carbonyl (C=O) groups excluding carboxylic acids is 1. The fourth-order valence-corrected chi connectivity index (χ4v) is 7.27. The van der Waals surface area contributed by atoms with Crippen LogP contribution in [0.4, 0.5) is 28.2 Å². The Hall–Kier alpha value is -3.06. The first-order valence-electron chi connectivity index (χ1n) is 13.4. The molecule has 1 aromatic carbocycles. The number of piperazine rings is 1. The first-order valence-corrected chi connectivity index (χ1v) is 14.7. The highest BCUT2D eigenvalue weighted by atomic mass is 35.5. The van der Waals surface area contributed by atoms with E-state index in [0.29, 0.717) is 5.56 Å². The smallest absolute Gasteiger partial charge is 0.417 e. The molecule has 8 nitrogen and oxygen atoms in total. The third kappa shape index (κ3) is 5.77. The Morgan fingerprint density at radius 1 is 1.10 bits per heavy atom. The van der Waals surface area contributed by atoms with Gasteiger partial charge in [0.1, 0.15) is 17.2 Å². The molecule has 1 amide bonds. The molecule has 3 aromatic rings. The van der Waals surface area contributed by atoms with Crippen LogP contribution in [0.5, 0.6) is 0 Å². The standard InChI is InChI=1S/C28H30ClF4N5O3S/c1-14-10-36(11-15(2)38(14)26(40)41-27(3,4)5)24-19-7-20(28(31,32)33)21(29)23-22(19)37(25(39)35-24)12-17(13-42-23)16-6-18(30)9-34-8-16/h6-9,14-15,17H,10-13H2,1-5H3/t14-,15+,17-/m0/s1. The maximum atomic E-state index is 14.2. The van der Waals surface area contributed by atoms with E-state index in [-0.39, 0.29) is 47.0 Å². The zero-order chi connectivity index (χ0) is 30.7. The summed E-state index contributed by atoms with van der Waals surface area (Å²) >= 11 is 7.48. The molecule has 0 spiro atoms. The maximum Gasteiger partial charge on any atom is 0.417 e. The normalized spacial score (nSPS) is 21.4. The first-order chi connectivity index (χ1) is 19.5. The van der Waals surface area contributed by atoms with Gasteiger partial charge in [0.2, 0.25) is 0 Å². The lowest BCUT2D eigenvalue weighted by molar-refractivity contribution is -0.137. The van der Waals surface area contributed by atoms with E-state index in [2.05, 4.69) is 9.97 Å². The SMILES string of the molecule is C[C@@H]1CN(c2nc(=O)n3c4c(c(Cl)c(C(F)(F)F)cc24)SC[C@@H](c2cncc(F)c2)C3)C[C@H](C)N1C(=O)OC(C)(C)C. The van der Waals surface area contributed by atoms with Crippen molar-refractivity contribution in [3.8, 4) is 0 Å². The van der Waals surface area contributed by atoms with Gasteiger partial charge in [0.15, 0.2) is 0 Å². The van der Waals surface area contributed by atoms with E-state index in [4.69, 9.17) is 16.3 Å². The average molecular weight is 628 g/mol. The summed E-state index contributed by atoms with van der Waals surface area (Å²) < 4.78 is 63.6. The van der Waals surface area contributed by atoms with Gasteiger partial charge in [-0.25, -0.2) is 14.0 Å². The lowest BCUT2D eigenvalue weighted by atomic mass is 10.0. The van der Waals surface area contributed by atoms with Crippen molar-refractivity contribution in [3.05, 3.63) is 57.0 Å². The van der Waals surface area contributed by atoms with Crippen LogP contribution in [-0.4, -0.2) is 62.1 Å². The monoisotopic (exact) mass is 627 g/mol. The minimum atomic E-state index is -4.77. The Morgan fingerprint density at radius 2 is 1.76 bits per heavy atom. The number of benzene rings is 1. The molecule has 2 aromatic heterocycles. The molecule has 0 aliphatic carbocycles. The van der Waals surface area contributed by atoms with Gasteiger partial charge in [0, 0.05) is 42.9 Å². The van der Waals surface area contributed by atoms with Crippen molar-refractivity contribution < 1.29 is 27.1 Å². The van der Waals surface area contributed by atoms with Crippen molar-refractivity contribution in [1.82, 2.24) is 19.4 Å². The second kappa shape index (κ2) is 10.9. The van der Waals surface area contributed by atoms with E-state index in [0.717, 1.165) is 24.0 Å². The van der Waals surface area contributed by atoms with E-state index in [1.165, 1.54) is 16.8 Å². The number of carbonyl (C=O) groups is 1. The number of rotatable bonds is 2. The van der Waals surface area contributed by atoms with Gasteiger partial charge in [-0.3, -0.25) is 14.5 Å². The molecule has 5 rings (SSSR count). The fourth-order valence-electron chi connectivity index (χ4n) is 5.60. The number of hydrogen-bond acceptors (Lipinski definition) is 7. The van der Waals surface area contributed by atoms with Crippen molar-refractivity contribution in [2.24, 2.45) is 0 Å². The molecule has 0 N–H and O–H groups in total. The average Bonchev–Trinajstić information content (AvgIpc) is 3.07. The summed E-state index contributed by atoms with van der Waals surface area (Å²) in [7, 11) is 0. The number of hydrogen-bond donors (Lipinski definition) is 0. The summed E-state index contributed by atoms with van der Waals surface area (Å²) in [5, 5.41) is -0.378. The van der Waals surface area contributed by atoms with Crippen LogP contribution >= 0.6 is 23.4 Å². The molecule has 0 saturated carbocycles. The fraction of sp³-hybridized carbons (Fsp3) is 0.500. The summed E-state index contributed by atoms with van der Waals surface area (Å²) in [5.41, 5.74) is -1.65. The third-order valence-corrected chi connectivity index (χ3v) is 9.06. The molecule has 0 bridgehead atoms. The number of pyridine rings is 1. The van der Waals surface area contributed by atoms with Crippen molar-refractivity contribution in [2.45, 2.75) is 75.8 Å². The molecule has 226 valence electrons. The van der Waals surface area contributed by atoms with Crippen molar-refractivity contribution >= 4 is 46.2 Å². The van der Waals surface area contributed by atoms with E-state index in [1.807, 2.05) is 0 Å². The van der Waals surface area contributed by atoms with Gasteiger partial charge in [-0.05, 0) is 52.3 Å². The molecule has 14 heteroatoms. The van der Waals surface area contributed by atoms with Crippen molar-refractivity contribution in [1.29, 1.82) is 0 Å².